The van der Waals surface area contributed by atoms with Crippen molar-refractivity contribution >= 4 is 17.4 Å². The number of aromatic nitrogens is 1. The Morgan fingerprint density at radius 1 is 1.50 bits per heavy atom. The van der Waals surface area contributed by atoms with Gasteiger partial charge < -0.3 is 4.90 Å². The summed E-state index contributed by atoms with van der Waals surface area (Å²) in [6.07, 6.45) is 4.15. The molecule has 2 heterocycles. The summed E-state index contributed by atoms with van der Waals surface area (Å²) < 4.78 is 0. The zero-order valence-corrected chi connectivity index (χ0v) is 9.77. The first-order valence-corrected chi connectivity index (χ1v) is 5.81. The van der Waals surface area contributed by atoms with Crippen molar-refractivity contribution in [2.75, 3.05) is 20.1 Å². The summed E-state index contributed by atoms with van der Waals surface area (Å²) in [7, 11) is 2.16. The molecule has 14 heavy (non-hydrogen) atoms. The Morgan fingerprint density at radius 3 is 2.79 bits per heavy atom. The molecular formula is C11H16N2S. The first-order chi connectivity index (χ1) is 6.70. The van der Waals surface area contributed by atoms with Crippen LogP contribution in [0, 0.1) is 6.92 Å². The molecule has 3 heteroatoms. The maximum atomic E-state index is 4.66. The van der Waals surface area contributed by atoms with Crippen molar-refractivity contribution in [2.24, 2.45) is 0 Å². The fourth-order valence-corrected chi connectivity index (χ4v) is 2.76. The normalized spacial score (nSPS) is 19.1. The van der Waals surface area contributed by atoms with Crippen LogP contribution in [-0.2, 0) is 0 Å². The lowest BCUT2D eigenvalue weighted by molar-refractivity contribution is 0.189. The summed E-state index contributed by atoms with van der Waals surface area (Å²) in [6.45, 7) is 6.53. The maximum absolute atomic E-state index is 4.66. The average molecular weight is 208 g/mol. The summed E-state index contributed by atoms with van der Waals surface area (Å²) in [4.78, 5) is 8.33. The Hall–Kier alpha value is -0.670. The van der Waals surface area contributed by atoms with Crippen LogP contribution in [0.3, 0.4) is 0 Å². The molecule has 0 amide bonds. The molecule has 0 radical (unpaired) electrons. The molecule has 0 N–H and O–H groups in total. The van der Waals surface area contributed by atoms with Gasteiger partial charge in [0.15, 0.2) is 0 Å². The maximum Gasteiger partial charge on any atom is 0.0991 e. The number of allylic oxidation sites excluding steroid dienone is 1. The van der Waals surface area contributed by atoms with Crippen molar-refractivity contribution < 1.29 is 0 Å². The molecule has 1 aromatic rings. The van der Waals surface area contributed by atoms with Crippen LogP contribution in [0.5, 0.6) is 0 Å². The Kier molecular flexibility index (Phi) is 2.70. The monoisotopic (exact) mass is 208 g/mol. The molecule has 1 saturated heterocycles. The Balaban J connectivity index is 2.16. The summed E-state index contributed by atoms with van der Waals surface area (Å²) in [6, 6.07) is 0. The SMILES string of the molecule is C/C=C\c1nc(C2CN(C)C2)sc1C. The lowest BCUT2D eigenvalue weighted by atomic mass is 10.0. The second kappa shape index (κ2) is 3.83. The van der Waals surface area contributed by atoms with E-state index in [9.17, 15) is 0 Å². The fraction of sp³-hybridized carbons (Fsp3) is 0.545. The Labute approximate surface area is 89.3 Å². The van der Waals surface area contributed by atoms with Crippen molar-refractivity contribution in [2.45, 2.75) is 19.8 Å². The zero-order chi connectivity index (χ0) is 10.1. The van der Waals surface area contributed by atoms with Gasteiger partial charge in [-0.1, -0.05) is 6.08 Å². The van der Waals surface area contributed by atoms with Gasteiger partial charge in [-0.15, -0.1) is 11.3 Å². The summed E-state index contributed by atoms with van der Waals surface area (Å²) in [5.41, 5.74) is 1.15. The molecule has 2 rings (SSSR count). The minimum atomic E-state index is 0.683. The lowest BCUT2D eigenvalue weighted by Crippen LogP contribution is -2.41. The second-order valence-corrected chi connectivity index (χ2v) is 5.15. The first kappa shape index (κ1) is 9.87. The minimum absolute atomic E-state index is 0.683. The van der Waals surface area contributed by atoms with Crippen LogP contribution in [0.25, 0.3) is 6.08 Å². The van der Waals surface area contributed by atoms with Crippen molar-refractivity contribution in [3.05, 3.63) is 21.7 Å². The molecule has 1 fully saturated rings. The van der Waals surface area contributed by atoms with Crippen LogP contribution in [-0.4, -0.2) is 30.0 Å². The van der Waals surface area contributed by atoms with Crippen LogP contribution in [0.15, 0.2) is 6.08 Å². The van der Waals surface area contributed by atoms with Gasteiger partial charge in [-0.25, -0.2) is 4.98 Å². The predicted octanol–water partition coefficient (Wildman–Crippen LogP) is 2.51. The fourth-order valence-electron chi connectivity index (χ4n) is 1.77. The third-order valence-electron chi connectivity index (χ3n) is 2.59. The third kappa shape index (κ3) is 1.74. The number of likely N-dealkylation sites (tertiary alicyclic amines) is 1. The molecule has 76 valence electrons. The quantitative estimate of drug-likeness (QED) is 0.742. The zero-order valence-electron chi connectivity index (χ0n) is 8.95. The molecule has 0 unspecified atom stereocenters. The average Bonchev–Trinajstić information content (AvgIpc) is 2.43. The minimum Gasteiger partial charge on any atom is -0.305 e. The van der Waals surface area contributed by atoms with Gasteiger partial charge in [0, 0.05) is 23.9 Å². The predicted molar refractivity (Wildman–Crippen MR) is 61.8 cm³/mol. The molecule has 0 aliphatic carbocycles. The highest BCUT2D eigenvalue weighted by Crippen LogP contribution is 2.30. The van der Waals surface area contributed by atoms with Crippen molar-refractivity contribution in [3.8, 4) is 0 Å². The van der Waals surface area contributed by atoms with Crippen LogP contribution >= 0.6 is 11.3 Å². The highest BCUT2D eigenvalue weighted by Gasteiger charge is 2.27. The third-order valence-corrected chi connectivity index (χ3v) is 3.74. The molecule has 0 spiro atoms. The number of nitrogens with zero attached hydrogens (tertiary/aromatic N) is 2. The second-order valence-electron chi connectivity index (χ2n) is 3.91. The molecule has 0 aromatic carbocycles. The molecule has 1 aromatic heterocycles. The number of rotatable bonds is 2. The van der Waals surface area contributed by atoms with Crippen LogP contribution in [0.2, 0.25) is 0 Å². The standard InChI is InChI=1S/C11H16N2S/c1-4-5-10-8(2)14-11(12-10)9-6-13(3)7-9/h4-5,9H,6-7H2,1-3H3/b5-4-. The summed E-state index contributed by atoms with van der Waals surface area (Å²) in [5, 5.41) is 1.31. The molecular weight excluding hydrogens is 192 g/mol. The van der Waals surface area contributed by atoms with E-state index in [1.807, 2.05) is 18.3 Å². The summed E-state index contributed by atoms with van der Waals surface area (Å²) >= 11 is 1.85. The van der Waals surface area contributed by atoms with Gasteiger partial charge in [-0.2, -0.15) is 0 Å². The van der Waals surface area contributed by atoms with Crippen molar-refractivity contribution in [1.29, 1.82) is 0 Å². The summed E-state index contributed by atoms with van der Waals surface area (Å²) in [5.74, 6) is 0.683. The van der Waals surface area contributed by atoms with E-state index in [4.69, 9.17) is 0 Å². The highest BCUT2D eigenvalue weighted by molar-refractivity contribution is 7.11. The van der Waals surface area contributed by atoms with Crippen LogP contribution in [0.1, 0.15) is 28.4 Å². The van der Waals surface area contributed by atoms with Gasteiger partial charge in [-0.3, -0.25) is 0 Å². The van der Waals surface area contributed by atoms with E-state index in [1.165, 1.54) is 23.0 Å². The number of thiazole rings is 1. The molecule has 0 saturated carbocycles. The van der Waals surface area contributed by atoms with E-state index in [2.05, 4.69) is 36.0 Å². The van der Waals surface area contributed by atoms with E-state index in [0.29, 0.717) is 5.92 Å². The smallest absolute Gasteiger partial charge is 0.0991 e. The van der Waals surface area contributed by atoms with Gasteiger partial charge in [0.2, 0.25) is 0 Å². The number of aryl methyl sites for hydroxylation is 1. The lowest BCUT2D eigenvalue weighted by Gasteiger charge is -2.34. The van der Waals surface area contributed by atoms with Gasteiger partial charge in [0.05, 0.1) is 10.7 Å². The van der Waals surface area contributed by atoms with Gasteiger partial charge in [0.1, 0.15) is 0 Å². The van der Waals surface area contributed by atoms with E-state index >= 15 is 0 Å². The molecule has 2 nitrogen and oxygen atoms in total. The highest BCUT2D eigenvalue weighted by atomic mass is 32.1. The van der Waals surface area contributed by atoms with Gasteiger partial charge in [-0.05, 0) is 27.0 Å². The van der Waals surface area contributed by atoms with E-state index < -0.39 is 0 Å². The number of likely N-dealkylation sites (N-methyl/N-ethyl adjacent to an activating group) is 1. The van der Waals surface area contributed by atoms with Crippen molar-refractivity contribution in [3.63, 3.8) is 0 Å². The number of hydrogen-bond donors (Lipinski definition) is 0. The van der Waals surface area contributed by atoms with Crippen LogP contribution < -0.4 is 0 Å². The van der Waals surface area contributed by atoms with E-state index in [1.54, 1.807) is 0 Å². The molecule has 1 aliphatic heterocycles. The first-order valence-electron chi connectivity index (χ1n) is 4.99. The molecule has 0 atom stereocenters. The molecule has 0 bridgehead atoms. The molecule has 1 aliphatic rings. The Bertz CT molecular complexity index is 348. The topological polar surface area (TPSA) is 16.1 Å². The van der Waals surface area contributed by atoms with E-state index in [0.717, 1.165) is 5.69 Å². The largest absolute Gasteiger partial charge is 0.305 e. The van der Waals surface area contributed by atoms with Crippen molar-refractivity contribution in [1.82, 2.24) is 9.88 Å². The Morgan fingerprint density at radius 2 is 2.21 bits per heavy atom. The number of hydrogen-bond acceptors (Lipinski definition) is 3. The van der Waals surface area contributed by atoms with Gasteiger partial charge in [0.25, 0.3) is 0 Å². The van der Waals surface area contributed by atoms with Gasteiger partial charge >= 0.3 is 0 Å². The van der Waals surface area contributed by atoms with Crippen LogP contribution in [0.4, 0.5) is 0 Å². The van der Waals surface area contributed by atoms with E-state index in [-0.39, 0.29) is 0 Å².